The highest BCUT2D eigenvalue weighted by atomic mass is 16.5. The largest absolute Gasteiger partial charge is 0.497 e. The van der Waals surface area contributed by atoms with Gasteiger partial charge in [0.15, 0.2) is 0 Å². The van der Waals surface area contributed by atoms with Gasteiger partial charge in [0.2, 0.25) is 0 Å². The van der Waals surface area contributed by atoms with E-state index < -0.39 is 0 Å². The second kappa shape index (κ2) is 5.27. The summed E-state index contributed by atoms with van der Waals surface area (Å²) in [6, 6.07) is 6.23. The quantitative estimate of drug-likeness (QED) is 0.764. The molecule has 1 fully saturated rings. The number of nitrogens with two attached hydrogens (primary N) is 1. The number of nitrogens with zero attached hydrogens (tertiary/aromatic N) is 1. The van der Waals surface area contributed by atoms with Crippen LogP contribution in [0.5, 0.6) is 11.5 Å². The average Bonchev–Trinajstić information content (AvgIpc) is 3.15. The van der Waals surface area contributed by atoms with Gasteiger partial charge < -0.3 is 20.1 Å². The van der Waals surface area contributed by atoms with Crippen molar-refractivity contribution in [3.05, 3.63) is 18.2 Å². The van der Waals surface area contributed by atoms with E-state index in [9.17, 15) is 0 Å². The summed E-state index contributed by atoms with van der Waals surface area (Å²) in [5, 5.41) is 0. The SMILES string of the molecule is COc1ccc(N)c(OCCN(C)C2CC2)c1. The molecule has 0 aromatic heterocycles. The summed E-state index contributed by atoms with van der Waals surface area (Å²) in [4.78, 5) is 2.33. The van der Waals surface area contributed by atoms with Crippen LogP contribution in [0.4, 0.5) is 5.69 Å². The molecular formula is C13H20N2O2. The Morgan fingerprint density at radius 3 is 2.82 bits per heavy atom. The number of hydrogen-bond acceptors (Lipinski definition) is 4. The summed E-state index contributed by atoms with van der Waals surface area (Å²) in [6.07, 6.45) is 2.63. The van der Waals surface area contributed by atoms with Crippen LogP contribution >= 0.6 is 0 Å². The molecule has 0 radical (unpaired) electrons. The molecule has 0 bridgehead atoms. The molecule has 0 atom stereocenters. The second-order valence-corrected chi connectivity index (χ2v) is 4.46. The highest BCUT2D eigenvalue weighted by Gasteiger charge is 2.25. The maximum Gasteiger partial charge on any atom is 0.145 e. The Balaban J connectivity index is 1.84. The summed E-state index contributed by atoms with van der Waals surface area (Å²) in [7, 11) is 3.77. The number of ether oxygens (including phenoxy) is 2. The second-order valence-electron chi connectivity index (χ2n) is 4.46. The Morgan fingerprint density at radius 2 is 2.18 bits per heavy atom. The van der Waals surface area contributed by atoms with Crippen LogP contribution in [0, 0.1) is 0 Å². The van der Waals surface area contributed by atoms with Gasteiger partial charge in [0.25, 0.3) is 0 Å². The van der Waals surface area contributed by atoms with E-state index in [0.29, 0.717) is 18.0 Å². The zero-order valence-corrected chi connectivity index (χ0v) is 10.5. The summed E-state index contributed by atoms with van der Waals surface area (Å²) in [5.74, 6) is 1.47. The fourth-order valence-corrected chi connectivity index (χ4v) is 1.76. The molecule has 1 aromatic rings. The van der Waals surface area contributed by atoms with Crippen molar-refractivity contribution in [2.45, 2.75) is 18.9 Å². The number of anilines is 1. The molecule has 1 saturated carbocycles. The minimum atomic E-state index is 0.653. The first-order valence-electron chi connectivity index (χ1n) is 5.97. The van der Waals surface area contributed by atoms with Crippen LogP contribution in [0.25, 0.3) is 0 Å². The molecule has 17 heavy (non-hydrogen) atoms. The fraction of sp³-hybridized carbons (Fsp3) is 0.538. The summed E-state index contributed by atoms with van der Waals surface area (Å²) in [5.41, 5.74) is 6.49. The lowest BCUT2D eigenvalue weighted by Crippen LogP contribution is -2.26. The van der Waals surface area contributed by atoms with Crippen LogP contribution in [0.15, 0.2) is 18.2 Å². The molecule has 2 N–H and O–H groups in total. The third kappa shape index (κ3) is 3.27. The molecule has 1 aliphatic rings. The predicted octanol–water partition coefficient (Wildman–Crippen LogP) is 1.75. The average molecular weight is 236 g/mol. The molecule has 1 aliphatic carbocycles. The van der Waals surface area contributed by atoms with Gasteiger partial charge in [-0.2, -0.15) is 0 Å². The van der Waals surface area contributed by atoms with Crippen molar-refractivity contribution in [2.24, 2.45) is 0 Å². The van der Waals surface area contributed by atoms with Crippen LogP contribution < -0.4 is 15.2 Å². The molecule has 0 aliphatic heterocycles. The molecule has 0 spiro atoms. The van der Waals surface area contributed by atoms with Crippen molar-refractivity contribution in [3.8, 4) is 11.5 Å². The minimum absolute atomic E-state index is 0.653. The third-order valence-corrected chi connectivity index (χ3v) is 3.09. The van der Waals surface area contributed by atoms with Crippen molar-refractivity contribution in [3.63, 3.8) is 0 Å². The van der Waals surface area contributed by atoms with Crippen molar-refractivity contribution in [2.75, 3.05) is 33.0 Å². The van der Waals surface area contributed by atoms with Crippen LogP contribution in [-0.2, 0) is 0 Å². The van der Waals surface area contributed by atoms with Gasteiger partial charge in [-0.05, 0) is 32.0 Å². The highest BCUT2D eigenvalue weighted by molar-refractivity contribution is 5.55. The number of likely N-dealkylation sites (N-methyl/N-ethyl adjacent to an activating group) is 1. The van der Waals surface area contributed by atoms with E-state index in [4.69, 9.17) is 15.2 Å². The molecular weight excluding hydrogens is 216 g/mol. The van der Waals surface area contributed by atoms with Crippen molar-refractivity contribution >= 4 is 5.69 Å². The van der Waals surface area contributed by atoms with Crippen molar-refractivity contribution in [1.29, 1.82) is 0 Å². The normalized spacial score (nSPS) is 15.0. The molecule has 0 unspecified atom stereocenters. The van der Waals surface area contributed by atoms with E-state index >= 15 is 0 Å². The molecule has 1 aromatic carbocycles. The van der Waals surface area contributed by atoms with Gasteiger partial charge in [0.1, 0.15) is 18.1 Å². The Kier molecular flexibility index (Phi) is 3.74. The van der Waals surface area contributed by atoms with Crippen molar-refractivity contribution < 1.29 is 9.47 Å². The maximum atomic E-state index is 5.84. The Morgan fingerprint density at radius 1 is 1.41 bits per heavy atom. The van der Waals surface area contributed by atoms with E-state index in [2.05, 4.69) is 11.9 Å². The minimum Gasteiger partial charge on any atom is -0.497 e. The van der Waals surface area contributed by atoms with Crippen LogP contribution in [-0.4, -0.2) is 38.3 Å². The molecule has 4 nitrogen and oxygen atoms in total. The van der Waals surface area contributed by atoms with Gasteiger partial charge in [-0.15, -0.1) is 0 Å². The molecule has 0 amide bonds. The van der Waals surface area contributed by atoms with Gasteiger partial charge in [0, 0.05) is 18.7 Å². The standard InChI is InChI=1S/C13H20N2O2/c1-15(10-3-4-10)7-8-17-13-9-11(16-2)5-6-12(13)14/h5-6,9-10H,3-4,7-8,14H2,1-2H3. The third-order valence-electron chi connectivity index (χ3n) is 3.09. The fourth-order valence-electron chi connectivity index (χ4n) is 1.76. The van der Waals surface area contributed by atoms with Gasteiger partial charge in [0.05, 0.1) is 12.8 Å². The topological polar surface area (TPSA) is 47.7 Å². The molecule has 0 heterocycles. The Bertz CT molecular complexity index is 378. The zero-order valence-electron chi connectivity index (χ0n) is 10.5. The smallest absolute Gasteiger partial charge is 0.145 e. The first-order valence-corrected chi connectivity index (χ1v) is 5.97. The number of hydrogen-bond donors (Lipinski definition) is 1. The summed E-state index contributed by atoms with van der Waals surface area (Å²) >= 11 is 0. The monoisotopic (exact) mass is 236 g/mol. The van der Waals surface area contributed by atoms with Crippen LogP contribution in [0.3, 0.4) is 0 Å². The lowest BCUT2D eigenvalue weighted by atomic mass is 10.3. The molecule has 0 saturated heterocycles. The highest BCUT2D eigenvalue weighted by Crippen LogP contribution is 2.27. The number of nitrogen functional groups attached to an aromatic ring is 1. The van der Waals surface area contributed by atoms with E-state index in [1.165, 1.54) is 12.8 Å². The number of benzene rings is 1. The zero-order chi connectivity index (χ0) is 12.3. The molecule has 94 valence electrons. The van der Waals surface area contributed by atoms with Gasteiger partial charge in [-0.3, -0.25) is 0 Å². The number of rotatable bonds is 6. The van der Waals surface area contributed by atoms with E-state index in [-0.39, 0.29) is 0 Å². The van der Waals surface area contributed by atoms with E-state index in [0.717, 1.165) is 18.3 Å². The molecule has 4 heteroatoms. The van der Waals surface area contributed by atoms with Crippen LogP contribution in [0.1, 0.15) is 12.8 Å². The first-order chi connectivity index (χ1) is 8.20. The van der Waals surface area contributed by atoms with Gasteiger partial charge in [-0.1, -0.05) is 0 Å². The Hall–Kier alpha value is -1.42. The summed E-state index contributed by atoms with van der Waals surface area (Å²) in [6.45, 7) is 1.59. The van der Waals surface area contributed by atoms with E-state index in [1.807, 2.05) is 12.1 Å². The number of methoxy groups -OCH3 is 1. The van der Waals surface area contributed by atoms with E-state index in [1.54, 1.807) is 13.2 Å². The summed E-state index contributed by atoms with van der Waals surface area (Å²) < 4.78 is 10.8. The Labute approximate surface area is 102 Å². The van der Waals surface area contributed by atoms with Gasteiger partial charge >= 0.3 is 0 Å². The van der Waals surface area contributed by atoms with Crippen molar-refractivity contribution in [1.82, 2.24) is 4.90 Å². The predicted molar refractivity (Wildman–Crippen MR) is 68.6 cm³/mol. The maximum absolute atomic E-state index is 5.84. The lowest BCUT2D eigenvalue weighted by molar-refractivity contribution is 0.232. The van der Waals surface area contributed by atoms with Gasteiger partial charge in [-0.25, -0.2) is 0 Å². The molecule has 2 rings (SSSR count). The first kappa shape index (κ1) is 12.0. The van der Waals surface area contributed by atoms with Crippen LogP contribution in [0.2, 0.25) is 0 Å². The lowest BCUT2D eigenvalue weighted by Gasteiger charge is -2.16.